The first kappa shape index (κ1) is 15.5. The Labute approximate surface area is 127 Å². The Hall–Kier alpha value is -0.920. The maximum Gasteiger partial charge on any atom is 0.253 e. The molecule has 0 unspecified atom stereocenters. The molecule has 0 atom stereocenters. The van der Waals surface area contributed by atoms with E-state index < -0.39 is 10.0 Å². The van der Waals surface area contributed by atoms with E-state index >= 15 is 0 Å². The number of benzene rings is 1. The molecule has 1 aromatic carbocycles. The van der Waals surface area contributed by atoms with Crippen molar-refractivity contribution in [2.75, 3.05) is 13.1 Å². The average molecular weight is 361 g/mol. The van der Waals surface area contributed by atoms with Gasteiger partial charge < -0.3 is 4.90 Å². The molecule has 0 spiro atoms. The summed E-state index contributed by atoms with van der Waals surface area (Å²) in [5.74, 6) is 0.434. The first-order valence-corrected chi connectivity index (χ1v) is 8.78. The third kappa shape index (κ3) is 3.59. The lowest BCUT2D eigenvalue weighted by atomic mass is 10.2. The molecule has 1 aliphatic rings. The van der Waals surface area contributed by atoms with Gasteiger partial charge in [0.15, 0.2) is 0 Å². The first-order chi connectivity index (χ1) is 9.32. The molecule has 7 heteroatoms. The number of primary sulfonamides is 1. The quantitative estimate of drug-likeness (QED) is 0.871. The van der Waals surface area contributed by atoms with Crippen LogP contribution < -0.4 is 5.14 Å². The largest absolute Gasteiger partial charge is 0.339 e. The zero-order valence-corrected chi connectivity index (χ0v) is 13.6. The van der Waals surface area contributed by atoms with Gasteiger partial charge in [0.25, 0.3) is 5.91 Å². The average Bonchev–Trinajstić information content (AvgIpc) is 3.18. The van der Waals surface area contributed by atoms with Gasteiger partial charge in [-0.2, -0.15) is 0 Å². The normalized spacial score (nSPS) is 15.2. The summed E-state index contributed by atoms with van der Waals surface area (Å²) >= 11 is 3.14. The Kier molecular flexibility index (Phi) is 4.51. The van der Waals surface area contributed by atoms with Gasteiger partial charge in [-0.05, 0) is 59.8 Å². The monoisotopic (exact) mass is 360 g/mol. The number of nitrogens with two attached hydrogens (primary N) is 1. The molecule has 0 saturated heterocycles. The highest BCUT2D eigenvalue weighted by atomic mass is 79.9. The van der Waals surface area contributed by atoms with Crippen molar-refractivity contribution in [3.8, 4) is 0 Å². The maximum atomic E-state index is 12.4. The molecule has 0 radical (unpaired) electrons. The molecule has 0 aromatic heterocycles. The van der Waals surface area contributed by atoms with Gasteiger partial charge in [0, 0.05) is 23.1 Å². The molecular formula is C13H17BrN2O3S. The minimum absolute atomic E-state index is 0.0641. The third-order valence-corrected chi connectivity index (χ3v) is 5.23. The molecule has 2 rings (SSSR count). The van der Waals surface area contributed by atoms with E-state index in [0.717, 1.165) is 19.4 Å². The van der Waals surface area contributed by atoms with Crippen molar-refractivity contribution in [2.45, 2.75) is 24.7 Å². The summed E-state index contributed by atoms with van der Waals surface area (Å²) in [6.07, 6.45) is 2.32. The van der Waals surface area contributed by atoms with Crippen molar-refractivity contribution < 1.29 is 13.2 Å². The van der Waals surface area contributed by atoms with Crippen LogP contribution in [0.2, 0.25) is 0 Å². The SMILES string of the molecule is CCN(CC1CC1)C(=O)c1ccc(Br)c(S(N)(=O)=O)c1. The van der Waals surface area contributed by atoms with Crippen LogP contribution in [0.15, 0.2) is 27.6 Å². The summed E-state index contributed by atoms with van der Waals surface area (Å²) in [6.45, 7) is 3.26. The second kappa shape index (κ2) is 5.83. The fourth-order valence-corrected chi connectivity index (χ4v) is 3.56. The van der Waals surface area contributed by atoms with Crippen molar-refractivity contribution in [2.24, 2.45) is 11.1 Å². The van der Waals surface area contributed by atoms with E-state index in [-0.39, 0.29) is 10.8 Å². The van der Waals surface area contributed by atoms with Gasteiger partial charge in [0.2, 0.25) is 10.0 Å². The number of hydrogen-bond donors (Lipinski definition) is 1. The highest BCUT2D eigenvalue weighted by Crippen LogP contribution is 2.30. The van der Waals surface area contributed by atoms with Gasteiger partial charge in [0.1, 0.15) is 0 Å². The van der Waals surface area contributed by atoms with E-state index in [1.807, 2.05) is 6.92 Å². The fourth-order valence-electron chi connectivity index (χ4n) is 2.00. The van der Waals surface area contributed by atoms with E-state index in [4.69, 9.17) is 5.14 Å². The summed E-state index contributed by atoms with van der Waals surface area (Å²) < 4.78 is 23.3. The Morgan fingerprint density at radius 2 is 2.10 bits per heavy atom. The lowest BCUT2D eigenvalue weighted by Crippen LogP contribution is -2.32. The highest BCUT2D eigenvalue weighted by Gasteiger charge is 2.27. The van der Waals surface area contributed by atoms with Gasteiger partial charge in [-0.15, -0.1) is 0 Å². The predicted octanol–water partition coefficient (Wildman–Crippen LogP) is 1.97. The molecule has 1 amide bonds. The van der Waals surface area contributed by atoms with Crippen LogP contribution in [0.5, 0.6) is 0 Å². The molecule has 2 N–H and O–H groups in total. The molecule has 1 aliphatic carbocycles. The smallest absolute Gasteiger partial charge is 0.253 e. The minimum Gasteiger partial charge on any atom is -0.339 e. The number of nitrogens with zero attached hydrogens (tertiary/aromatic N) is 1. The van der Waals surface area contributed by atoms with Crippen LogP contribution in [0.25, 0.3) is 0 Å². The molecule has 0 aliphatic heterocycles. The lowest BCUT2D eigenvalue weighted by molar-refractivity contribution is 0.0756. The van der Waals surface area contributed by atoms with Crippen LogP contribution in [0.1, 0.15) is 30.1 Å². The van der Waals surface area contributed by atoms with Crippen LogP contribution in [0.3, 0.4) is 0 Å². The molecule has 0 heterocycles. The fraction of sp³-hybridized carbons (Fsp3) is 0.462. The second-order valence-corrected chi connectivity index (χ2v) is 7.36. The molecule has 1 fully saturated rings. The molecule has 1 aromatic rings. The number of amides is 1. The molecular weight excluding hydrogens is 344 g/mol. The van der Waals surface area contributed by atoms with Gasteiger partial charge in [-0.25, -0.2) is 13.6 Å². The third-order valence-electron chi connectivity index (χ3n) is 3.33. The van der Waals surface area contributed by atoms with Crippen molar-refractivity contribution in [1.82, 2.24) is 4.90 Å². The van der Waals surface area contributed by atoms with Gasteiger partial charge >= 0.3 is 0 Å². The van der Waals surface area contributed by atoms with Gasteiger partial charge in [-0.3, -0.25) is 4.79 Å². The number of carbonyl (C=O) groups excluding carboxylic acids is 1. The summed E-state index contributed by atoms with van der Waals surface area (Å²) in [4.78, 5) is 14.1. The van der Waals surface area contributed by atoms with Crippen LogP contribution in [0, 0.1) is 5.92 Å². The summed E-state index contributed by atoms with van der Waals surface area (Å²) in [5.41, 5.74) is 0.347. The molecule has 110 valence electrons. The van der Waals surface area contributed by atoms with Crippen molar-refractivity contribution >= 4 is 31.9 Å². The predicted molar refractivity (Wildman–Crippen MR) is 79.8 cm³/mol. The number of rotatable bonds is 5. The minimum atomic E-state index is -3.85. The van der Waals surface area contributed by atoms with Crippen molar-refractivity contribution in [1.29, 1.82) is 0 Å². The molecule has 1 saturated carbocycles. The highest BCUT2D eigenvalue weighted by molar-refractivity contribution is 9.10. The van der Waals surface area contributed by atoms with E-state index in [9.17, 15) is 13.2 Å². The van der Waals surface area contributed by atoms with E-state index in [0.29, 0.717) is 22.5 Å². The van der Waals surface area contributed by atoms with E-state index in [1.165, 1.54) is 12.1 Å². The number of sulfonamides is 1. The standard InChI is InChI=1S/C13H17BrN2O3S/c1-2-16(8-9-3-4-9)13(17)10-5-6-11(14)12(7-10)20(15,18)19/h5-7,9H,2-4,8H2,1H3,(H2,15,18,19). The summed E-state index contributed by atoms with van der Waals surface area (Å²) in [6, 6.07) is 4.48. The molecule has 0 bridgehead atoms. The van der Waals surface area contributed by atoms with Crippen LogP contribution in [-0.2, 0) is 10.0 Å². The maximum absolute atomic E-state index is 12.4. The Bertz CT molecular complexity index is 627. The number of halogens is 1. The van der Waals surface area contributed by atoms with E-state index in [2.05, 4.69) is 15.9 Å². The first-order valence-electron chi connectivity index (χ1n) is 6.44. The van der Waals surface area contributed by atoms with Crippen LogP contribution >= 0.6 is 15.9 Å². The number of hydrogen-bond acceptors (Lipinski definition) is 3. The topological polar surface area (TPSA) is 80.5 Å². The second-order valence-electron chi connectivity index (χ2n) is 4.98. The van der Waals surface area contributed by atoms with Crippen molar-refractivity contribution in [3.05, 3.63) is 28.2 Å². The molecule has 5 nitrogen and oxygen atoms in total. The lowest BCUT2D eigenvalue weighted by Gasteiger charge is -2.21. The zero-order valence-electron chi connectivity index (χ0n) is 11.2. The zero-order chi connectivity index (χ0) is 14.9. The van der Waals surface area contributed by atoms with Crippen LogP contribution in [-0.4, -0.2) is 32.3 Å². The van der Waals surface area contributed by atoms with Crippen LogP contribution in [0.4, 0.5) is 0 Å². The summed E-state index contributed by atoms with van der Waals surface area (Å²) in [5, 5.41) is 5.14. The van der Waals surface area contributed by atoms with E-state index in [1.54, 1.807) is 11.0 Å². The Morgan fingerprint density at radius 1 is 1.45 bits per heavy atom. The van der Waals surface area contributed by atoms with Gasteiger partial charge in [-0.1, -0.05) is 0 Å². The summed E-state index contributed by atoms with van der Waals surface area (Å²) in [7, 11) is -3.85. The Balaban J connectivity index is 2.29. The number of carbonyl (C=O) groups is 1. The Morgan fingerprint density at radius 3 is 2.60 bits per heavy atom. The molecule has 20 heavy (non-hydrogen) atoms. The van der Waals surface area contributed by atoms with Crippen molar-refractivity contribution in [3.63, 3.8) is 0 Å². The van der Waals surface area contributed by atoms with Gasteiger partial charge in [0.05, 0.1) is 4.90 Å².